The van der Waals surface area contributed by atoms with Gasteiger partial charge in [0.05, 0.1) is 0 Å². The molecule has 5 heteroatoms. The molecule has 0 saturated heterocycles. The molecule has 1 nitrogen and oxygen atoms in total. The summed E-state index contributed by atoms with van der Waals surface area (Å²) in [5.74, 6) is -0.186. The van der Waals surface area contributed by atoms with Gasteiger partial charge in [-0.15, -0.1) is 0 Å². The van der Waals surface area contributed by atoms with Gasteiger partial charge in [0, 0.05) is 19.5 Å². The first-order valence-corrected chi connectivity index (χ1v) is 8.44. The van der Waals surface area contributed by atoms with Crippen molar-refractivity contribution < 1.29 is 4.39 Å². The highest BCUT2D eigenvalue weighted by atomic mass is 79.9. The van der Waals surface area contributed by atoms with Gasteiger partial charge in [-0.05, 0) is 54.9 Å². The van der Waals surface area contributed by atoms with Gasteiger partial charge in [-0.2, -0.15) is 0 Å². The predicted octanol–water partition coefficient (Wildman–Crippen LogP) is 5.62. The number of likely N-dealkylation sites (N-methyl/N-ethyl adjacent to an activating group) is 1. The first-order valence-electron chi connectivity index (χ1n) is 6.07. The first kappa shape index (κ1) is 16.1. The zero-order valence-corrected chi connectivity index (χ0v) is 15.5. The summed E-state index contributed by atoms with van der Waals surface area (Å²) >= 11 is 10.2. The molecule has 2 aromatic rings. The van der Waals surface area contributed by atoms with Crippen molar-refractivity contribution in [2.45, 2.75) is 12.5 Å². The smallest absolute Gasteiger partial charge is 0.127 e. The van der Waals surface area contributed by atoms with Crippen LogP contribution >= 0.6 is 47.8 Å². The molecule has 0 saturated carbocycles. The topological polar surface area (TPSA) is 12.0 Å². The summed E-state index contributed by atoms with van der Waals surface area (Å²) in [6.07, 6.45) is 0.596. The van der Waals surface area contributed by atoms with Crippen LogP contribution in [-0.2, 0) is 6.42 Å². The molecule has 2 aromatic carbocycles. The van der Waals surface area contributed by atoms with Crippen LogP contribution in [0.15, 0.2) is 49.8 Å². The molecule has 0 aliphatic carbocycles. The van der Waals surface area contributed by atoms with Gasteiger partial charge in [-0.25, -0.2) is 4.39 Å². The molecule has 0 heterocycles. The van der Waals surface area contributed by atoms with Crippen LogP contribution in [0.2, 0.25) is 0 Å². The fourth-order valence-electron chi connectivity index (χ4n) is 2.07. The minimum atomic E-state index is -0.186. The number of rotatable bonds is 4. The van der Waals surface area contributed by atoms with Crippen LogP contribution < -0.4 is 5.32 Å². The van der Waals surface area contributed by atoms with E-state index in [1.54, 1.807) is 0 Å². The van der Waals surface area contributed by atoms with E-state index in [1.165, 1.54) is 6.07 Å². The number of benzene rings is 2. The quantitative estimate of drug-likeness (QED) is 0.618. The van der Waals surface area contributed by atoms with Crippen molar-refractivity contribution in [1.82, 2.24) is 5.32 Å². The molecule has 1 unspecified atom stereocenters. The Bertz CT molecular complexity index is 596. The molecule has 0 spiro atoms. The minimum Gasteiger partial charge on any atom is -0.313 e. The predicted molar refractivity (Wildman–Crippen MR) is 91.4 cm³/mol. The van der Waals surface area contributed by atoms with Crippen LogP contribution in [0.3, 0.4) is 0 Å². The van der Waals surface area contributed by atoms with E-state index < -0.39 is 0 Å². The van der Waals surface area contributed by atoms with Crippen LogP contribution in [-0.4, -0.2) is 7.05 Å². The molecule has 106 valence electrons. The summed E-state index contributed by atoms with van der Waals surface area (Å²) < 4.78 is 16.7. The molecule has 1 N–H and O–H groups in total. The van der Waals surface area contributed by atoms with Crippen molar-refractivity contribution in [2.24, 2.45) is 0 Å². The van der Waals surface area contributed by atoms with E-state index in [0.29, 0.717) is 12.0 Å². The number of hydrogen-bond acceptors (Lipinski definition) is 1. The van der Waals surface area contributed by atoms with E-state index in [2.05, 4.69) is 53.1 Å². The van der Waals surface area contributed by atoms with Crippen molar-refractivity contribution >= 4 is 47.8 Å². The molecular formula is C15H13Br3FN. The third kappa shape index (κ3) is 4.13. The highest BCUT2D eigenvalue weighted by Crippen LogP contribution is 2.27. The van der Waals surface area contributed by atoms with Gasteiger partial charge >= 0.3 is 0 Å². The first-order chi connectivity index (χ1) is 9.49. The molecule has 0 fully saturated rings. The van der Waals surface area contributed by atoms with Crippen LogP contribution in [0.25, 0.3) is 0 Å². The molecule has 0 amide bonds. The maximum Gasteiger partial charge on any atom is 0.127 e. The van der Waals surface area contributed by atoms with Crippen molar-refractivity contribution in [3.05, 3.63) is 66.8 Å². The molecule has 1 atom stereocenters. The standard InChI is InChI=1S/C15H13Br3FN/c1-20-15(10-4-12(17)7-13(18)5-10)6-9-2-3-11(16)8-14(9)19/h2-5,7-8,15,20H,6H2,1H3. The number of nitrogens with one attached hydrogen (secondary N) is 1. The Morgan fingerprint density at radius 3 is 2.20 bits per heavy atom. The van der Waals surface area contributed by atoms with Gasteiger partial charge in [-0.1, -0.05) is 53.9 Å². The van der Waals surface area contributed by atoms with Gasteiger partial charge in [0.1, 0.15) is 5.82 Å². The molecule has 20 heavy (non-hydrogen) atoms. The second-order valence-electron chi connectivity index (χ2n) is 4.48. The third-order valence-corrected chi connectivity index (χ3v) is 4.48. The summed E-state index contributed by atoms with van der Waals surface area (Å²) in [6, 6.07) is 11.3. The lowest BCUT2D eigenvalue weighted by atomic mass is 9.99. The summed E-state index contributed by atoms with van der Waals surface area (Å²) in [5, 5.41) is 3.24. The molecule has 0 aromatic heterocycles. The Labute approximate surface area is 143 Å². The molecule has 0 aliphatic rings. The van der Waals surface area contributed by atoms with Gasteiger partial charge in [0.15, 0.2) is 0 Å². The average Bonchev–Trinajstić information content (AvgIpc) is 2.36. The lowest BCUT2D eigenvalue weighted by Gasteiger charge is -2.18. The van der Waals surface area contributed by atoms with Crippen molar-refractivity contribution in [3.8, 4) is 0 Å². The van der Waals surface area contributed by atoms with E-state index >= 15 is 0 Å². The lowest BCUT2D eigenvalue weighted by Crippen LogP contribution is -2.19. The van der Waals surface area contributed by atoms with Crippen LogP contribution in [0.1, 0.15) is 17.2 Å². The van der Waals surface area contributed by atoms with E-state index in [-0.39, 0.29) is 11.9 Å². The molecular weight excluding hydrogens is 453 g/mol. The third-order valence-electron chi connectivity index (χ3n) is 3.07. The Balaban J connectivity index is 2.28. The molecule has 0 bridgehead atoms. The van der Waals surface area contributed by atoms with E-state index in [0.717, 1.165) is 19.0 Å². The second kappa shape index (κ2) is 7.16. The maximum atomic E-state index is 13.9. The van der Waals surface area contributed by atoms with Crippen LogP contribution in [0, 0.1) is 5.82 Å². The highest BCUT2D eigenvalue weighted by molar-refractivity contribution is 9.11. The number of halogens is 4. The number of hydrogen-bond donors (Lipinski definition) is 1. The maximum absolute atomic E-state index is 13.9. The normalized spacial score (nSPS) is 12.4. The minimum absolute atomic E-state index is 0.0551. The fraction of sp³-hybridized carbons (Fsp3) is 0.200. The van der Waals surface area contributed by atoms with Crippen molar-refractivity contribution in [2.75, 3.05) is 7.05 Å². The second-order valence-corrected chi connectivity index (χ2v) is 7.23. The van der Waals surface area contributed by atoms with E-state index in [1.807, 2.05) is 37.4 Å². The molecule has 0 radical (unpaired) electrons. The molecule has 0 aliphatic heterocycles. The zero-order valence-electron chi connectivity index (χ0n) is 10.8. The Morgan fingerprint density at radius 1 is 1.00 bits per heavy atom. The summed E-state index contributed by atoms with van der Waals surface area (Å²) in [4.78, 5) is 0. The van der Waals surface area contributed by atoms with E-state index in [9.17, 15) is 4.39 Å². The van der Waals surface area contributed by atoms with E-state index in [4.69, 9.17) is 0 Å². The van der Waals surface area contributed by atoms with Crippen molar-refractivity contribution in [1.29, 1.82) is 0 Å². The van der Waals surface area contributed by atoms with Gasteiger partial charge in [-0.3, -0.25) is 0 Å². The Morgan fingerprint density at radius 2 is 1.65 bits per heavy atom. The average molecular weight is 466 g/mol. The van der Waals surface area contributed by atoms with Gasteiger partial charge in [0.25, 0.3) is 0 Å². The Kier molecular flexibility index (Phi) is 5.78. The largest absolute Gasteiger partial charge is 0.313 e. The fourth-order valence-corrected chi connectivity index (χ4v) is 3.73. The highest BCUT2D eigenvalue weighted by Gasteiger charge is 2.14. The summed E-state index contributed by atoms with van der Waals surface area (Å²) in [5.41, 5.74) is 1.81. The lowest BCUT2D eigenvalue weighted by molar-refractivity contribution is 0.553. The van der Waals surface area contributed by atoms with Crippen LogP contribution in [0.5, 0.6) is 0 Å². The monoisotopic (exact) mass is 463 g/mol. The van der Waals surface area contributed by atoms with Crippen LogP contribution in [0.4, 0.5) is 4.39 Å². The Hall–Kier alpha value is -0.230. The van der Waals surface area contributed by atoms with Gasteiger partial charge < -0.3 is 5.32 Å². The summed E-state index contributed by atoms with van der Waals surface area (Å²) in [6.45, 7) is 0. The zero-order chi connectivity index (χ0) is 14.7. The van der Waals surface area contributed by atoms with Crippen molar-refractivity contribution in [3.63, 3.8) is 0 Å². The SMILES string of the molecule is CNC(Cc1ccc(Br)cc1F)c1cc(Br)cc(Br)c1. The van der Waals surface area contributed by atoms with Gasteiger partial charge in [0.2, 0.25) is 0 Å². The molecule has 2 rings (SSSR count). The summed E-state index contributed by atoms with van der Waals surface area (Å²) in [7, 11) is 1.89.